The molecule has 4 nitrogen and oxygen atoms in total. The van der Waals surface area contributed by atoms with Crippen molar-refractivity contribution in [2.24, 2.45) is 17.1 Å². The van der Waals surface area contributed by atoms with Crippen LogP contribution < -0.4 is 5.73 Å². The zero-order valence-electron chi connectivity index (χ0n) is 8.65. The fraction of sp³-hybridized carbons (Fsp3) is 1.00. The topological polar surface area (TPSA) is 83.6 Å². The zero-order valence-corrected chi connectivity index (χ0v) is 9.54. The van der Waals surface area contributed by atoms with Gasteiger partial charge in [0.25, 0.3) is 0 Å². The first-order valence-electron chi connectivity index (χ1n) is 5.12. The Kier molecular flexibility index (Phi) is 3.75. The van der Waals surface area contributed by atoms with Gasteiger partial charge in [-0.05, 0) is 30.7 Å². The second kappa shape index (κ2) is 4.31. The van der Waals surface area contributed by atoms with Crippen molar-refractivity contribution < 1.29 is 14.4 Å². The van der Waals surface area contributed by atoms with Crippen molar-refractivity contribution in [1.82, 2.24) is 0 Å². The standard InChI is InChI=1S/C9H20NO3P/c1-8-3-2-4-9(5-8,6-10)7-14(11,12)13/h8H,2-7,10H2,1H3,(H2,11,12,13). The van der Waals surface area contributed by atoms with Crippen LogP contribution in [0.3, 0.4) is 0 Å². The van der Waals surface area contributed by atoms with E-state index in [1.54, 1.807) is 0 Å². The Balaban J connectivity index is 2.70. The van der Waals surface area contributed by atoms with Crippen molar-refractivity contribution in [1.29, 1.82) is 0 Å². The molecule has 0 radical (unpaired) electrons. The van der Waals surface area contributed by atoms with Crippen molar-refractivity contribution in [3.63, 3.8) is 0 Å². The van der Waals surface area contributed by atoms with Gasteiger partial charge in [-0.25, -0.2) is 0 Å². The molecule has 1 aliphatic rings. The first-order valence-corrected chi connectivity index (χ1v) is 6.91. The summed E-state index contributed by atoms with van der Waals surface area (Å²) >= 11 is 0. The minimum atomic E-state index is -3.92. The van der Waals surface area contributed by atoms with Crippen LogP contribution in [0.4, 0.5) is 0 Å². The molecule has 0 aromatic heterocycles. The van der Waals surface area contributed by atoms with Gasteiger partial charge in [0.1, 0.15) is 0 Å². The molecule has 1 rings (SSSR count). The van der Waals surface area contributed by atoms with E-state index in [-0.39, 0.29) is 11.6 Å². The first kappa shape index (κ1) is 12.2. The lowest BCUT2D eigenvalue weighted by molar-refractivity contribution is 0.171. The van der Waals surface area contributed by atoms with E-state index in [9.17, 15) is 4.57 Å². The van der Waals surface area contributed by atoms with E-state index >= 15 is 0 Å². The molecule has 0 amide bonds. The van der Waals surface area contributed by atoms with Gasteiger partial charge in [-0.3, -0.25) is 4.57 Å². The fourth-order valence-corrected chi connectivity index (χ4v) is 3.89. The summed E-state index contributed by atoms with van der Waals surface area (Å²) in [6.45, 7) is 2.52. The fourth-order valence-electron chi connectivity index (χ4n) is 2.60. The van der Waals surface area contributed by atoms with Gasteiger partial charge in [0.05, 0.1) is 6.16 Å². The van der Waals surface area contributed by atoms with Crippen LogP contribution in [0.25, 0.3) is 0 Å². The molecule has 0 heterocycles. The highest BCUT2D eigenvalue weighted by Gasteiger charge is 2.38. The van der Waals surface area contributed by atoms with Gasteiger partial charge in [0.15, 0.2) is 0 Å². The Morgan fingerprint density at radius 3 is 2.64 bits per heavy atom. The number of hydrogen-bond acceptors (Lipinski definition) is 2. The normalized spacial score (nSPS) is 34.4. The van der Waals surface area contributed by atoms with E-state index in [1.807, 2.05) is 0 Å². The molecule has 2 unspecified atom stereocenters. The summed E-state index contributed by atoms with van der Waals surface area (Å²) in [7, 11) is -3.92. The third-order valence-electron chi connectivity index (χ3n) is 3.16. The van der Waals surface area contributed by atoms with Gasteiger partial charge in [-0.15, -0.1) is 0 Å². The molecule has 0 spiro atoms. The third kappa shape index (κ3) is 3.35. The highest BCUT2D eigenvalue weighted by Crippen LogP contribution is 2.49. The van der Waals surface area contributed by atoms with Crippen LogP contribution in [0.5, 0.6) is 0 Å². The summed E-state index contributed by atoms with van der Waals surface area (Å²) in [4.78, 5) is 18.0. The lowest BCUT2D eigenvalue weighted by Gasteiger charge is -2.39. The molecule has 0 saturated heterocycles. The molecule has 4 N–H and O–H groups in total. The smallest absolute Gasteiger partial charge is 0.326 e. The quantitative estimate of drug-likeness (QED) is 0.627. The molecule has 1 aliphatic carbocycles. The second-order valence-corrected chi connectivity index (χ2v) is 6.37. The molecule has 14 heavy (non-hydrogen) atoms. The van der Waals surface area contributed by atoms with Crippen molar-refractivity contribution in [2.45, 2.75) is 32.6 Å². The summed E-state index contributed by atoms with van der Waals surface area (Å²) in [6.07, 6.45) is 3.87. The Labute approximate surface area is 85.0 Å². The van der Waals surface area contributed by atoms with E-state index in [0.29, 0.717) is 12.5 Å². The average molecular weight is 221 g/mol. The summed E-state index contributed by atoms with van der Waals surface area (Å²) in [5.74, 6) is 0.541. The lowest BCUT2D eigenvalue weighted by atomic mass is 9.71. The summed E-state index contributed by atoms with van der Waals surface area (Å²) in [5, 5.41) is 0. The molecular weight excluding hydrogens is 201 g/mol. The van der Waals surface area contributed by atoms with Gasteiger partial charge in [-0.2, -0.15) is 0 Å². The van der Waals surface area contributed by atoms with Gasteiger partial charge >= 0.3 is 7.60 Å². The second-order valence-electron chi connectivity index (χ2n) is 4.73. The van der Waals surface area contributed by atoms with Gasteiger partial charge < -0.3 is 15.5 Å². The van der Waals surface area contributed by atoms with Crippen LogP contribution in [0, 0.1) is 11.3 Å². The predicted octanol–water partition coefficient (Wildman–Crippen LogP) is 1.32. The van der Waals surface area contributed by atoms with Crippen LogP contribution in [-0.4, -0.2) is 22.5 Å². The first-order chi connectivity index (χ1) is 6.37. The molecule has 0 aromatic rings. The van der Waals surface area contributed by atoms with Gasteiger partial charge in [0.2, 0.25) is 0 Å². The summed E-state index contributed by atoms with van der Waals surface area (Å²) in [5.41, 5.74) is 5.36. The van der Waals surface area contributed by atoms with E-state index in [1.165, 1.54) is 0 Å². The monoisotopic (exact) mass is 221 g/mol. The largest absolute Gasteiger partial charge is 0.330 e. The molecular formula is C9H20NO3P. The summed E-state index contributed by atoms with van der Waals surface area (Å²) < 4.78 is 11.0. The minimum absolute atomic E-state index is 0.0408. The third-order valence-corrected chi connectivity index (χ3v) is 4.24. The minimum Gasteiger partial charge on any atom is -0.330 e. The highest BCUT2D eigenvalue weighted by atomic mass is 31.2. The average Bonchev–Trinajstić information content (AvgIpc) is 2.01. The molecule has 1 fully saturated rings. The van der Waals surface area contributed by atoms with Crippen LogP contribution in [0.2, 0.25) is 0 Å². The Hall–Kier alpha value is 0.110. The van der Waals surface area contributed by atoms with Crippen LogP contribution in [0.1, 0.15) is 32.6 Å². The lowest BCUT2D eigenvalue weighted by Crippen LogP contribution is -2.38. The maximum Gasteiger partial charge on any atom is 0.326 e. The van der Waals surface area contributed by atoms with Gasteiger partial charge in [-0.1, -0.05) is 19.8 Å². The number of hydrogen-bond donors (Lipinski definition) is 3. The zero-order chi connectivity index (χ0) is 10.8. The predicted molar refractivity (Wildman–Crippen MR) is 56.0 cm³/mol. The van der Waals surface area contributed by atoms with E-state index in [4.69, 9.17) is 15.5 Å². The molecule has 0 bridgehead atoms. The molecule has 84 valence electrons. The van der Waals surface area contributed by atoms with Crippen LogP contribution >= 0.6 is 7.60 Å². The van der Waals surface area contributed by atoms with Crippen LogP contribution in [0.15, 0.2) is 0 Å². The van der Waals surface area contributed by atoms with Crippen molar-refractivity contribution in [3.05, 3.63) is 0 Å². The Morgan fingerprint density at radius 2 is 2.21 bits per heavy atom. The van der Waals surface area contributed by atoms with E-state index in [2.05, 4.69) is 6.92 Å². The Bertz CT molecular complexity index is 240. The maximum atomic E-state index is 11.0. The van der Waals surface area contributed by atoms with Crippen molar-refractivity contribution >= 4 is 7.60 Å². The molecule has 1 saturated carbocycles. The van der Waals surface area contributed by atoms with Crippen molar-refractivity contribution in [2.75, 3.05) is 12.7 Å². The van der Waals surface area contributed by atoms with E-state index in [0.717, 1.165) is 25.7 Å². The SMILES string of the molecule is CC1CCCC(CN)(CP(=O)(O)O)C1. The van der Waals surface area contributed by atoms with E-state index < -0.39 is 7.60 Å². The maximum absolute atomic E-state index is 11.0. The molecule has 2 atom stereocenters. The van der Waals surface area contributed by atoms with Crippen LogP contribution in [-0.2, 0) is 4.57 Å². The highest BCUT2D eigenvalue weighted by molar-refractivity contribution is 7.51. The number of rotatable bonds is 3. The molecule has 5 heteroatoms. The number of nitrogens with two attached hydrogens (primary N) is 1. The molecule has 0 aromatic carbocycles. The van der Waals surface area contributed by atoms with Gasteiger partial charge in [0, 0.05) is 0 Å². The summed E-state index contributed by atoms with van der Waals surface area (Å²) in [6, 6.07) is 0. The Morgan fingerprint density at radius 1 is 1.57 bits per heavy atom. The molecule has 0 aliphatic heterocycles. The van der Waals surface area contributed by atoms with Crippen molar-refractivity contribution in [3.8, 4) is 0 Å².